The largest absolute Gasteiger partial charge is 0.378 e. The summed E-state index contributed by atoms with van der Waals surface area (Å²) in [5.74, 6) is 0.146. The van der Waals surface area contributed by atoms with Gasteiger partial charge < -0.3 is 30.1 Å². The molecule has 2 unspecified atom stereocenters. The van der Waals surface area contributed by atoms with Crippen LogP contribution in [0.1, 0.15) is 27.2 Å². The molecule has 0 aromatic heterocycles. The Hall–Kier alpha value is -2.16. The summed E-state index contributed by atoms with van der Waals surface area (Å²) in [6, 6.07) is 8.06. The van der Waals surface area contributed by atoms with Gasteiger partial charge in [0.05, 0.1) is 26.3 Å². The molecule has 2 saturated heterocycles. The van der Waals surface area contributed by atoms with Gasteiger partial charge in [0.1, 0.15) is 13.1 Å². The van der Waals surface area contributed by atoms with E-state index < -0.39 is 0 Å². The van der Waals surface area contributed by atoms with Crippen LogP contribution in [0.3, 0.4) is 0 Å². The Bertz CT molecular complexity index is 726. The maximum Gasteiger partial charge on any atom is 0.279 e. The average molecular weight is 434 g/mol. The zero-order chi connectivity index (χ0) is 22.3. The molecule has 2 heterocycles. The Morgan fingerprint density at radius 1 is 0.935 bits per heavy atom. The molecule has 0 bridgehead atoms. The zero-order valence-electron chi connectivity index (χ0n) is 19.3. The maximum atomic E-state index is 12.6. The number of amides is 2. The van der Waals surface area contributed by atoms with Crippen LogP contribution in [0, 0.1) is 0 Å². The second kappa shape index (κ2) is 10.9. The number of nitrogens with one attached hydrogen (secondary N) is 4. The Kier molecular flexibility index (Phi) is 8.28. The second-order valence-corrected chi connectivity index (χ2v) is 9.70. The van der Waals surface area contributed by atoms with E-state index in [1.165, 1.54) is 9.80 Å². The lowest BCUT2D eigenvalue weighted by Crippen LogP contribution is -3.18. The number of carbonyl (C=O) groups is 2. The summed E-state index contributed by atoms with van der Waals surface area (Å²) in [5, 5.41) is 6.08. The molecule has 2 amide bonds. The predicted molar refractivity (Wildman–Crippen MR) is 122 cm³/mol. The first kappa shape index (κ1) is 23.5. The van der Waals surface area contributed by atoms with Gasteiger partial charge in [0.2, 0.25) is 0 Å². The number of rotatable bonds is 6. The van der Waals surface area contributed by atoms with Gasteiger partial charge in [-0.25, -0.2) is 0 Å². The van der Waals surface area contributed by atoms with Gasteiger partial charge in [-0.15, -0.1) is 0 Å². The molecule has 0 radical (unpaired) electrons. The molecule has 0 aliphatic carbocycles. The van der Waals surface area contributed by atoms with Gasteiger partial charge in [0.25, 0.3) is 11.8 Å². The molecule has 2 fully saturated rings. The van der Waals surface area contributed by atoms with Crippen molar-refractivity contribution in [2.45, 2.75) is 32.7 Å². The number of morpholine rings is 1. The van der Waals surface area contributed by atoms with Crippen LogP contribution < -0.4 is 25.3 Å². The van der Waals surface area contributed by atoms with Gasteiger partial charge in [0, 0.05) is 36.4 Å². The molecule has 2 aliphatic heterocycles. The Balaban J connectivity index is 1.41. The maximum absolute atomic E-state index is 12.6. The summed E-state index contributed by atoms with van der Waals surface area (Å²) >= 11 is 0. The third-order valence-electron chi connectivity index (χ3n) is 5.76. The molecule has 0 saturated carbocycles. The predicted octanol–water partition coefficient (Wildman–Crippen LogP) is -1.45. The normalized spacial score (nSPS) is 22.5. The highest BCUT2D eigenvalue weighted by Crippen LogP contribution is 2.18. The molecule has 4 N–H and O–H groups in total. The highest BCUT2D eigenvalue weighted by Gasteiger charge is 2.25. The van der Waals surface area contributed by atoms with Crippen LogP contribution in [0.4, 0.5) is 11.4 Å². The smallest absolute Gasteiger partial charge is 0.279 e. The quantitative estimate of drug-likeness (QED) is 0.443. The van der Waals surface area contributed by atoms with Crippen LogP contribution in [-0.2, 0) is 14.3 Å². The summed E-state index contributed by atoms with van der Waals surface area (Å²) in [6.07, 6.45) is 1.02. The number of anilines is 2. The molecule has 0 spiro atoms. The SMILES string of the molecule is CC(C)(C)NC(=O)C[NH+]1CCC[NH+](CC(=O)Nc2ccc(N3CCOCC3)cc2)CC1. The Labute approximate surface area is 185 Å². The minimum atomic E-state index is -0.196. The van der Waals surface area contributed by atoms with Crippen LogP contribution in [0.25, 0.3) is 0 Å². The van der Waals surface area contributed by atoms with E-state index in [1.54, 1.807) is 0 Å². The lowest BCUT2D eigenvalue weighted by molar-refractivity contribution is -0.930. The van der Waals surface area contributed by atoms with Crippen molar-refractivity contribution in [3.8, 4) is 0 Å². The average Bonchev–Trinajstić information content (AvgIpc) is 2.92. The number of hydrogen-bond donors (Lipinski definition) is 4. The number of benzene rings is 1. The number of hydrogen-bond acceptors (Lipinski definition) is 4. The van der Waals surface area contributed by atoms with Crippen molar-refractivity contribution in [2.75, 3.05) is 75.8 Å². The number of nitrogens with zero attached hydrogens (tertiary/aromatic N) is 1. The van der Waals surface area contributed by atoms with Crippen molar-refractivity contribution >= 4 is 23.2 Å². The molecule has 8 heteroatoms. The van der Waals surface area contributed by atoms with Crippen LogP contribution in [0.5, 0.6) is 0 Å². The molecule has 8 nitrogen and oxygen atoms in total. The van der Waals surface area contributed by atoms with E-state index in [4.69, 9.17) is 4.74 Å². The standard InChI is InChI=1S/C23H37N5O3/c1-23(2,3)25-22(30)18-27-10-4-9-26(11-12-27)17-21(29)24-19-5-7-20(8-6-19)28-13-15-31-16-14-28/h5-8H,4,9-18H2,1-3H3,(H,24,29)(H,25,30)/p+2. The summed E-state index contributed by atoms with van der Waals surface area (Å²) in [4.78, 5) is 29.7. The molecule has 2 aliphatic rings. The summed E-state index contributed by atoms with van der Waals surface area (Å²) in [6.45, 7) is 14.1. The van der Waals surface area contributed by atoms with E-state index in [1.807, 2.05) is 32.9 Å². The van der Waals surface area contributed by atoms with Crippen molar-refractivity contribution in [3.05, 3.63) is 24.3 Å². The number of ether oxygens (including phenoxy) is 1. The van der Waals surface area contributed by atoms with Crippen LogP contribution >= 0.6 is 0 Å². The molecule has 3 rings (SSSR count). The number of carbonyl (C=O) groups excluding carboxylic acids is 2. The zero-order valence-corrected chi connectivity index (χ0v) is 19.3. The fourth-order valence-corrected chi connectivity index (χ4v) is 4.24. The first-order chi connectivity index (χ1) is 14.8. The monoisotopic (exact) mass is 433 g/mol. The molecule has 1 aromatic rings. The molecule has 2 atom stereocenters. The third kappa shape index (κ3) is 8.12. The fourth-order valence-electron chi connectivity index (χ4n) is 4.24. The van der Waals surface area contributed by atoms with E-state index in [9.17, 15) is 9.59 Å². The molecule has 31 heavy (non-hydrogen) atoms. The van der Waals surface area contributed by atoms with E-state index in [0.29, 0.717) is 13.1 Å². The molecular formula is C23H39N5O3+2. The van der Waals surface area contributed by atoms with E-state index in [2.05, 4.69) is 27.7 Å². The van der Waals surface area contributed by atoms with Gasteiger partial charge in [-0.1, -0.05) is 0 Å². The highest BCUT2D eigenvalue weighted by atomic mass is 16.5. The first-order valence-corrected chi connectivity index (χ1v) is 11.5. The van der Waals surface area contributed by atoms with Crippen molar-refractivity contribution in [2.24, 2.45) is 0 Å². The third-order valence-corrected chi connectivity index (χ3v) is 5.76. The lowest BCUT2D eigenvalue weighted by atomic mass is 10.1. The number of quaternary nitrogens is 2. The van der Waals surface area contributed by atoms with Crippen molar-refractivity contribution in [3.63, 3.8) is 0 Å². The molecule has 172 valence electrons. The lowest BCUT2D eigenvalue weighted by Gasteiger charge is -2.28. The summed E-state index contributed by atoms with van der Waals surface area (Å²) in [5.41, 5.74) is 1.80. The van der Waals surface area contributed by atoms with E-state index in [-0.39, 0.29) is 17.4 Å². The van der Waals surface area contributed by atoms with Gasteiger partial charge in [-0.2, -0.15) is 0 Å². The first-order valence-electron chi connectivity index (χ1n) is 11.5. The topological polar surface area (TPSA) is 79.5 Å². The van der Waals surface area contributed by atoms with Gasteiger partial charge in [-0.05, 0) is 45.0 Å². The van der Waals surface area contributed by atoms with Gasteiger partial charge in [0.15, 0.2) is 13.1 Å². The summed E-state index contributed by atoms with van der Waals surface area (Å²) in [7, 11) is 0. The van der Waals surface area contributed by atoms with Crippen molar-refractivity contribution < 1.29 is 24.1 Å². The summed E-state index contributed by atoms with van der Waals surface area (Å²) < 4.78 is 5.40. The van der Waals surface area contributed by atoms with Gasteiger partial charge >= 0.3 is 0 Å². The highest BCUT2D eigenvalue weighted by molar-refractivity contribution is 5.91. The van der Waals surface area contributed by atoms with Crippen LogP contribution in [-0.4, -0.2) is 82.9 Å². The van der Waals surface area contributed by atoms with Gasteiger partial charge in [-0.3, -0.25) is 9.59 Å². The van der Waals surface area contributed by atoms with E-state index in [0.717, 1.165) is 70.3 Å². The molecular weight excluding hydrogens is 394 g/mol. The van der Waals surface area contributed by atoms with E-state index >= 15 is 0 Å². The van der Waals surface area contributed by atoms with Crippen LogP contribution in [0.15, 0.2) is 24.3 Å². The minimum absolute atomic E-state index is 0.0445. The Morgan fingerprint density at radius 3 is 2.10 bits per heavy atom. The fraction of sp³-hybridized carbons (Fsp3) is 0.652. The second-order valence-electron chi connectivity index (χ2n) is 9.70. The minimum Gasteiger partial charge on any atom is -0.378 e. The van der Waals surface area contributed by atoms with Crippen molar-refractivity contribution in [1.82, 2.24) is 5.32 Å². The Morgan fingerprint density at radius 2 is 1.52 bits per heavy atom. The van der Waals surface area contributed by atoms with Crippen LogP contribution in [0.2, 0.25) is 0 Å². The van der Waals surface area contributed by atoms with Crippen molar-refractivity contribution in [1.29, 1.82) is 0 Å². The molecule has 1 aromatic carbocycles.